The Balaban J connectivity index is 1.47. The average Bonchev–Trinajstić information content (AvgIpc) is 2.70. The Morgan fingerprint density at radius 2 is 1.92 bits per heavy atom. The van der Waals surface area contributed by atoms with Crippen LogP contribution >= 0.6 is 0 Å². The first-order valence-corrected chi connectivity index (χ1v) is 8.54. The predicted molar refractivity (Wildman–Crippen MR) is 96.7 cm³/mol. The van der Waals surface area contributed by atoms with Crippen LogP contribution in [0.25, 0.3) is 0 Å². The number of ether oxygens (including phenoxy) is 2. The van der Waals surface area contributed by atoms with Crippen molar-refractivity contribution in [2.75, 3.05) is 20.2 Å². The van der Waals surface area contributed by atoms with Crippen LogP contribution in [0.4, 0.5) is 4.79 Å². The molecule has 1 aliphatic heterocycles. The largest absolute Gasteiger partial charge is 0.497 e. The van der Waals surface area contributed by atoms with E-state index in [0.717, 1.165) is 23.3 Å². The van der Waals surface area contributed by atoms with Crippen molar-refractivity contribution in [2.24, 2.45) is 0 Å². The van der Waals surface area contributed by atoms with Gasteiger partial charge in [0.05, 0.1) is 7.11 Å². The van der Waals surface area contributed by atoms with Crippen LogP contribution in [0.5, 0.6) is 5.75 Å². The Morgan fingerprint density at radius 3 is 2.69 bits per heavy atom. The van der Waals surface area contributed by atoms with Crippen LogP contribution in [0.1, 0.15) is 16.7 Å². The lowest BCUT2D eigenvalue weighted by Crippen LogP contribution is -2.42. The van der Waals surface area contributed by atoms with Gasteiger partial charge < -0.3 is 19.7 Å². The fourth-order valence-electron chi connectivity index (χ4n) is 2.91. The minimum atomic E-state index is -0.596. The first-order chi connectivity index (χ1) is 12.7. The summed E-state index contributed by atoms with van der Waals surface area (Å²) >= 11 is 0. The number of benzene rings is 2. The van der Waals surface area contributed by atoms with Crippen LogP contribution < -0.4 is 10.1 Å². The van der Waals surface area contributed by atoms with E-state index in [1.165, 1.54) is 5.56 Å². The average molecular weight is 354 g/mol. The molecule has 2 aromatic rings. The lowest BCUT2D eigenvalue weighted by molar-refractivity contribution is -0.131. The monoisotopic (exact) mass is 354 g/mol. The van der Waals surface area contributed by atoms with Crippen molar-refractivity contribution in [1.29, 1.82) is 0 Å². The molecule has 6 heteroatoms. The van der Waals surface area contributed by atoms with E-state index in [0.29, 0.717) is 13.1 Å². The minimum Gasteiger partial charge on any atom is -0.497 e. The van der Waals surface area contributed by atoms with E-state index in [4.69, 9.17) is 9.47 Å². The standard InChI is InChI=1S/C20H22N2O4/c1-25-18-8-7-16-9-10-22(13-17(16)11-18)19(23)12-21-20(24)26-14-15-5-3-2-4-6-15/h2-8,11H,9-10,12-14H2,1H3,(H,21,24). The third-order valence-corrected chi connectivity index (χ3v) is 4.38. The van der Waals surface area contributed by atoms with Gasteiger partial charge in [-0.25, -0.2) is 4.79 Å². The van der Waals surface area contributed by atoms with E-state index >= 15 is 0 Å². The van der Waals surface area contributed by atoms with Gasteiger partial charge in [0.2, 0.25) is 5.91 Å². The maximum atomic E-state index is 12.4. The number of amides is 2. The lowest BCUT2D eigenvalue weighted by Gasteiger charge is -2.29. The second kappa shape index (κ2) is 8.38. The number of methoxy groups -OCH3 is 1. The highest BCUT2D eigenvalue weighted by molar-refractivity contribution is 5.82. The number of carbonyl (C=O) groups is 2. The van der Waals surface area contributed by atoms with Crippen molar-refractivity contribution in [3.05, 3.63) is 65.2 Å². The molecule has 0 spiro atoms. The molecule has 1 heterocycles. The van der Waals surface area contributed by atoms with Crippen LogP contribution in [-0.4, -0.2) is 37.1 Å². The first-order valence-electron chi connectivity index (χ1n) is 8.54. The van der Waals surface area contributed by atoms with Crippen LogP contribution in [0.2, 0.25) is 0 Å². The molecule has 6 nitrogen and oxygen atoms in total. The quantitative estimate of drug-likeness (QED) is 0.896. The van der Waals surface area contributed by atoms with Gasteiger partial charge in [-0.2, -0.15) is 0 Å². The Morgan fingerprint density at radius 1 is 1.12 bits per heavy atom. The molecule has 0 radical (unpaired) electrons. The van der Waals surface area contributed by atoms with Gasteiger partial charge >= 0.3 is 6.09 Å². The van der Waals surface area contributed by atoms with Crippen LogP contribution in [0.3, 0.4) is 0 Å². The molecule has 0 bridgehead atoms. The Kier molecular flexibility index (Phi) is 5.73. The van der Waals surface area contributed by atoms with Crippen LogP contribution in [0, 0.1) is 0 Å². The molecule has 0 atom stereocenters. The topological polar surface area (TPSA) is 67.9 Å². The smallest absolute Gasteiger partial charge is 0.407 e. The summed E-state index contributed by atoms with van der Waals surface area (Å²) in [5, 5.41) is 2.52. The zero-order valence-electron chi connectivity index (χ0n) is 14.7. The van der Waals surface area contributed by atoms with Gasteiger partial charge in [0, 0.05) is 13.1 Å². The number of hydrogen-bond donors (Lipinski definition) is 1. The molecule has 3 rings (SSSR count). The first kappa shape index (κ1) is 17.8. The second-order valence-electron chi connectivity index (χ2n) is 6.12. The molecule has 2 amide bonds. The molecular formula is C20H22N2O4. The zero-order valence-corrected chi connectivity index (χ0v) is 14.7. The number of nitrogens with one attached hydrogen (secondary N) is 1. The second-order valence-corrected chi connectivity index (χ2v) is 6.12. The lowest BCUT2D eigenvalue weighted by atomic mass is 9.99. The highest BCUT2D eigenvalue weighted by Crippen LogP contribution is 2.23. The van der Waals surface area contributed by atoms with Crippen molar-refractivity contribution in [3.63, 3.8) is 0 Å². The highest BCUT2D eigenvalue weighted by Gasteiger charge is 2.21. The van der Waals surface area contributed by atoms with Gasteiger partial charge in [-0.15, -0.1) is 0 Å². The van der Waals surface area contributed by atoms with Crippen molar-refractivity contribution in [2.45, 2.75) is 19.6 Å². The number of nitrogens with zero attached hydrogens (tertiary/aromatic N) is 1. The SMILES string of the molecule is COc1ccc2c(c1)CN(C(=O)CNC(=O)OCc1ccccc1)CC2. The molecular weight excluding hydrogens is 332 g/mol. The zero-order chi connectivity index (χ0) is 18.4. The summed E-state index contributed by atoms with van der Waals surface area (Å²) in [4.78, 5) is 25.9. The summed E-state index contributed by atoms with van der Waals surface area (Å²) in [6.07, 6.45) is 0.199. The van der Waals surface area contributed by atoms with E-state index in [1.807, 2.05) is 48.5 Å². The normalized spacial score (nSPS) is 12.9. The fraction of sp³-hybridized carbons (Fsp3) is 0.300. The number of carbonyl (C=O) groups excluding carboxylic acids is 2. The molecule has 136 valence electrons. The molecule has 2 aromatic carbocycles. The summed E-state index contributed by atoms with van der Waals surface area (Å²) in [5.41, 5.74) is 3.20. The van der Waals surface area contributed by atoms with E-state index < -0.39 is 6.09 Å². The molecule has 0 saturated heterocycles. The molecule has 0 aromatic heterocycles. The summed E-state index contributed by atoms with van der Waals surface area (Å²) in [5.74, 6) is 0.649. The van der Waals surface area contributed by atoms with Crippen molar-refractivity contribution in [1.82, 2.24) is 10.2 Å². The molecule has 0 saturated carbocycles. The van der Waals surface area contributed by atoms with Gasteiger partial charge in [-0.05, 0) is 35.2 Å². The minimum absolute atomic E-state index is 0.0765. The number of hydrogen-bond acceptors (Lipinski definition) is 4. The van der Waals surface area contributed by atoms with Gasteiger partial charge in [0.15, 0.2) is 0 Å². The van der Waals surface area contributed by atoms with Crippen molar-refractivity contribution >= 4 is 12.0 Å². The predicted octanol–water partition coefficient (Wildman–Crippen LogP) is 2.51. The maximum Gasteiger partial charge on any atom is 0.407 e. The molecule has 0 unspecified atom stereocenters. The third-order valence-electron chi connectivity index (χ3n) is 4.38. The van der Waals surface area contributed by atoms with Gasteiger partial charge in [0.25, 0.3) is 0 Å². The Hall–Kier alpha value is -3.02. The van der Waals surface area contributed by atoms with E-state index in [1.54, 1.807) is 12.0 Å². The van der Waals surface area contributed by atoms with Crippen molar-refractivity contribution < 1.29 is 19.1 Å². The maximum absolute atomic E-state index is 12.4. The number of rotatable bonds is 5. The van der Waals surface area contributed by atoms with E-state index in [-0.39, 0.29) is 19.1 Å². The van der Waals surface area contributed by atoms with E-state index in [9.17, 15) is 9.59 Å². The van der Waals surface area contributed by atoms with Gasteiger partial charge in [-0.3, -0.25) is 4.79 Å². The van der Waals surface area contributed by atoms with E-state index in [2.05, 4.69) is 5.32 Å². The summed E-state index contributed by atoms with van der Waals surface area (Å²) in [6.45, 7) is 1.26. The third kappa shape index (κ3) is 4.53. The summed E-state index contributed by atoms with van der Waals surface area (Å²) < 4.78 is 10.4. The Labute approximate surface area is 152 Å². The highest BCUT2D eigenvalue weighted by atomic mass is 16.5. The van der Waals surface area contributed by atoms with Crippen LogP contribution in [-0.2, 0) is 29.1 Å². The Bertz CT molecular complexity index is 777. The van der Waals surface area contributed by atoms with Crippen molar-refractivity contribution in [3.8, 4) is 5.75 Å². The fourth-order valence-corrected chi connectivity index (χ4v) is 2.91. The summed E-state index contributed by atoms with van der Waals surface area (Å²) in [6, 6.07) is 15.3. The summed E-state index contributed by atoms with van der Waals surface area (Å²) in [7, 11) is 1.62. The van der Waals surface area contributed by atoms with Gasteiger partial charge in [0.1, 0.15) is 18.9 Å². The molecule has 0 aliphatic carbocycles. The molecule has 26 heavy (non-hydrogen) atoms. The van der Waals surface area contributed by atoms with Crippen LogP contribution in [0.15, 0.2) is 48.5 Å². The molecule has 1 aliphatic rings. The number of fused-ring (bicyclic) bond motifs is 1. The number of alkyl carbamates (subject to hydrolysis) is 1. The van der Waals surface area contributed by atoms with Gasteiger partial charge in [-0.1, -0.05) is 36.4 Å². The molecule has 0 fully saturated rings. The molecule has 1 N–H and O–H groups in total.